The molecule has 0 spiro atoms. The van der Waals surface area contributed by atoms with E-state index in [2.05, 4.69) is 22.4 Å². The van der Waals surface area contributed by atoms with Gasteiger partial charge in [0.25, 0.3) is 0 Å². The number of rotatable bonds is 7. The molecule has 1 fully saturated rings. The van der Waals surface area contributed by atoms with Crippen LogP contribution in [-0.4, -0.2) is 54.8 Å². The number of benzene rings is 2. The molecule has 1 atom stereocenters. The van der Waals surface area contributed by atoms with Crippen molar-refractivity contribution in [3.8, 4) is 12.1 Å². The Morgan fingerprint density at radius 2 is 1.85 bits per heavy atom. The number of hydrogen-bond donors (Lipinski definition) is 1. The van der Waals surface area contributed by atoms with E-state index in [-0.39, 0.29) is 18.2 Å². The van der Waals surface area contributed by atoms with Gasteiger partial charge in [-0.3, -0.25) is 9.59 Å². The maximum Gasteiger partial charge on any atom is 0.249 e. The van der Waals surface area contributed by atoms with Crippen LogP contribution in [0.1, 0.15) is 55.2 Å². The fourth-order valence-corrected chi connectivity index (χ4v) is 5.57. The van der Waals surface area contributed by atoms with Gasteiger partial charge in [-0.15, -0.1) is 0 Å². The summed E-state index contributed by atoms with van der Waals surface area (Å²) in [6.45, 7) is 4.21. The van der Waals surface area contributed by atoms with Crippen LogP contribution in [0.2, 0.25) is 0 Å². The third kappa shape index (κ3) is 5.69. The van der Waals surface area contributed by atoms with E-state index in [0.29, 0.717) is 61.3 Å². The van der Waals surface area contributed by atoms with E-state index in [1.165, 1.54) is 11.0 Å². The Labute approximate surface area is 227 Å². The van der Waals surface area contributed by atoms with Crippen LogP contribution in [0.15, 0.2) is 53.7 Å². The first-order chi connectivity index (χ1) is 18.7. The van der Waals surface area contributed by atoms with Gasteiger partial charge in [0, 0.05) is 37.2 Å². The molecule has 9 heteroatoms. The number of hydrogen-bond acceptors (Lipinski definition) is 5. The highest BCUT2D eigenvalue weighted by atomic mass is 19.2. The highest BCUT2D eigenvalue weighted by Crippen LogP contribution is 2.38. The molecule has 0 saturated carbocycles. The van der Waals surface area contributed by atoms with Crippen molar-refractivity contribution in [1.82, 2.24) is 15.1 Å². The van der Waals surface area contributed by atoms with Crippen molar-refractivity contribution in [3.63, 3.8) is 0 Å². The van der Waals surface area contributed by atoms with Crippen LogP contribution in [0.25, 0.3) is 0 Å². The lowest BCUT2D eigenvalue weighted by Crippen LogP contribution is -2.43. The monoisotopic (exact) mass is 531 g/mol. The third-order valence-corrected chi connectivity index (χ3v) is 8.01. The minimum atomic E-state index is -1.02. The maximum atomic E-state index is 13.9. The van der Waals surface area contributed by atoms with Crippen molar-refractivity contribution in [3.05, 3.63) is 82.1 Å². The van der Waals surface area contributed by atoms with E-state index in [1.807, 2.05) is 12.1 Å². The summed E-state index contributed by atoms with van der Waals surface area (Å²) in [4.78, 5) is 29.4. The lowest BCUT2D eigenvalue weighted by atomic mass is 9.72. The number of carbonyl (C=O) groups excluding carboxylic acids is 2. The Morgan fingerprint density at radius 1 is 1.13 bits per heavy atom. The van der Waals surface area contributed by atoms with Crippen molar-refractivity contribution < 1.29 is 18.4 Å². The fourth-order valence-electron chi connectivity index (χ4n) is 5.57. The zero-order chi connectivity index (χ0) is 28.2. The Kier molecular flexibility index (Phi) is 8.42. The summed E-state index contributed by atoms with van der Waals surface area (Å²) < 4.78 is 27.4. The van der Waals surface area contributed by atoms with Gasteiger partial charge in [0.15, 0.2) is 11.6 Å². The van der Waals surface area contributed by atoms with Gasteiger partial charge in [-0.2, -0.15) is 10.5 Å². The quantitative estimate of drug-likeness (QED) is 0.542. The Morgan fingerprint density at radius 3 is 2.51 bits per heavy atom. The number of piperidine rings is 1. The topological polar surface area (TPSA) is 100 Å². The highest BCUT2D eigenvalue weighted by Gasteiger charge is 2.38. The van der Waals surface area contributed by atoms with Gasteiger partial charge in [0.1, 0.15) is 0 Å². The minimum absolute atomic E-state index is 0.00891. The third-order valence-electron chi connectivity index (χ3n) is 8.01. The molecule has 2 aromatic carbocycles. The number of nitrogens with zero attached hydrogens (tertiary/aromatic N) is 4. The van der Waals surface area contributed by atoms with Gasteiger partial charge in [-0.1, -0.05) is 24.3 Å². The number of allylic oxidation sites excluding steroid dienone is 1. The standard InChI is InChI=1S/C30H31F2N5O2/c1-20-28(23(17-27(38)36(20)2)21-8-9-25(31)26(32)16-21)29(39)35-12-5-13-37-14-10-30(19-34,11-15-37)24-7-4-3-6-22(24)18-33/h3-4,6-9,16,23H,5,10-15,17H2,1-2H3,(H,35,39)/t23-/m1/s1. The van der Waals surface area contributed by atoms with Crippen molar-refractivity contribution in [2.75, 3.05) is 33.2 Å². The number of nitriles is 2. The van der Waals surface area contributed by atoms with Gasteiger partial charge >= 0.3 is 0 Å². The van der Waals surface area contributed by atoms with Gasteiger partial charge in [-0.05, 0) is 75.1 Å². The SMILES string of the molecule is CC1=C(C(=O)NCCCN2CCC(C#N)(c3ccccc3C#N)CC2)[C@@H](c2ccc(F)c(F)c2)CC(=O)N1C. The molecular formula is C30H31F2N5O2. The second kappa shape index (κ2) is 11.8. The smallest absolute Gasteiger partial charge is 0.249 e. The lowest BCUT2D eigenvalue weighted by molar-refractivity contribution is -0.129. The van der Waals surface area contributed by atoms with Gasteiger partial charge in [0.2, 0.25) is 11.8 Å². The molecule has 2 aliphatic heterocycles. The number of nitrogens with one attached hydrogen (secondary N) is 1. The minimum Gasteiger partial charge on any atom is -0.352 e. The molecule has 4 rings (SSSR count). The van der Waals surface area contributed by atoms with E-state index in [1.54, 1.807) is 26.1 Å². The Balaban J connectivity index is 1.35. The predicted molar refractivity (Wildman–Crippen MR) is 141 cm³/mol. The fraction of sp³-hybridized carbons (Fsp3) is 0.400. The first kappa shape index (κ1) is 27.9. The van der Waals surface area contributed by atoms with Crippen LogP contribution < -0.4 is 5.32 Å². The van der Waals surface area contributed by atoms with E-state index >= 15 is 0 Å². The molecule has 1 saturated heterocycles. The van der Waals surface area contributed by atoms with Crippen LogP contribution in [0.4, 0.5) is 8.78 Å². The first-order valence-corrected chi connectivity index (χ1v) is 13.0. The molecule has 1 N–H and O–H groups in total. The summed E-state index contributed by atoms with van der Waals surface area (Å²) in [5.41, 5.74) is 1.89. The average Bonchev–Trinajstić information content (AvgIpc) is 2.95. The number of carbonyl (C=O) groups is 2. The van der Waals surface area contributed by atoms with Crippen molar-refractivity contribution in [1.29, 1.82) is 10.5 Å². The molecule has 7 nitrogen and oxygen atoms in total. The summed E-state index contributed by atoms with van der Waals surface area (Å²) in [6, 6.07) is 15.4. The Hall–Kier alpha value is -4.08. The van der Waals surface area contributed by atoms with E-state index in [9.17, 15) is 28.9 Å². The lowest BCUT2D eigenvalue weighted by Gasteiger charge is -2.38. The zero-order valence-electron chi connectivity index (χ0n) is 22.1. The van der Waals surface area contributed by atoms with Gasteiger partial charge in [-0.25, -0.2) is 8.78 Å². The maximum absolute atomic E-state index is 13.9. The molecule has 2 aliphatic rings. The summed E-state index contributed by atoms with van der Waals surface area (Å²) in [7, 11) is 1.60. The average molecular weight is 532 g/mol. The van der Waals surface area contributed by atoms with E-state index in [4.69, 9.17) is 0 Å². The number of amides is 2. The molecular weight excluding hydrogens is 500 g/mol. The summed E-state index contributed by atoms with van der Waals surface area (Å²) in [6.07, 6.45) is 1.91. The molecule has 0 aromatic heterocycles. The second-order valence-electron chi connectivity index (χ2n) is 10.2. The number of halogens is 2. The van der Waals surface area contributed by atoms with Gasteiger partial charge in [0.05, 0.1) is 23.1 Å². The van der Waals surface area contributed by atoms with Gasteiger partial charge < -0.3 is 15.1 Å². The second-order valence-corrected chi connectivity index (χ2v) is 10.2. The molecule has 0 bridgehead atoms. The van der Waals surface area contributed by atoms with Crippen molar-refractivity contribution >= 4 is 11.8 Å². The molecule has 0 radical (unpaired) electrons. The largest absolute Gasteiger partial charge is 0.352 e. The molecule has 0 aliphatic carbocycles. The normalized spacial score (nSPS) is 19.4. The molecule has 2 heterocycles. The zero-order valence-corrected chi connectivity index (χ0v) is 22.1. The van der Waals surface area contributed by atoms with E-state index < -0.39 is 23.0 Å². The summed E-state index contributed by atoms with van der Waals surface area (Å²) in [5.74, 6) is -3.20. The Bertz CT molecular complexity index is 1380. The summed E-state index contributed by atoms with van der Waals surface area (Å²) >= 11 is 0. The van der Waals surface area contributed by atoms with Crippen LogP contribution in [0.5, 0.6) is 0 Å². The predicted octanol–water partition coefficient (Wildman–Crippen LogP) is 4.12. The molecule has 0 unspecified atom stereocenters. The van der Waals surface area contributed by atoms with Crippen LogP contribution in [-0.2, 0) is 15.0 Å². The molecule has 2 aromatic rings. The first-order valence-electron chi connectivity index (χ1n) is 13.0. The van der Waals surface area contributed by atoms with Crippen LogP contribution in [0, 0.1) is 34.3 Å². The molecule has 39 heavy (non-hydrogen) atoms. The van der Waals surface area contributed by atoms with Crippen molar-refractivity contribution in [2.45, 2.75) is 43.9 Å². The van der Waals surface area contributed by atoms with Crippen LogP contribution >= 0.6 is 0 Å². The van der Waals surface area contributed by atoms with Crippen LogP contribution in [0.3, 0.4) is 0 Å². The van der Waals surface area contributed by atoms with E-state index in [0.717, 1.165) is 24.2 Å². The number of likely N-dealkylation sites (tertiary alicyclic amines) is 1. The van der Waals surface area contributed by atoms with Crippen molar-refractivity contribution in [2.24, 2.45) is 0 Å². The summed E-state index contributed by atoms with van der Waals surface area (Å²) in [5, 5.41) is 22.4. The molecule has 202 valence electrons. The molecule has 2 amide bonds. The highest BCUT2D eigenvalue weighted by molar-refractivity contribution is 5.99.